The maximum atomic E-state index is 13.1. The van der Waals surface area contributed by atoms with Gasteiger partial charge in [0, 0.05) is 16.1 Å². The molecule has 0 aliphatic heterocycles. The highest BCUT2D eigenvalue weighted by Crippen LogP contribution is 2.29. The maximum Gasteiger partial charge on any atom is 0.229 e. The van der Waals surface area contributed by atoms with E-state index in [0.717, 1.165) is 32.4 Å². The number of nitrogens with zero attached hydrogens (tertiary/aromatic N) is 1. The van der Waals surface area contributed by atoms with Crippen LogP contribution in [0.25, 0.3) is 11.3 Å². The van der Waals surface area contributed by atoms with Gasteiger partial charge >= 0.3 is 0 Å². The summed E-state index contributed by atoms with van der Waals surface area (Å²) in [5.41, 5.74) is 3.48. The Morgan fingerprint density at radius 2 is 1.75 bits per heavy atom. The molecule has 1 N–H and O–H groups in total. The predicted octanol–water partition coefficient (Wildman–Crippen LogP) is 4.75. The maximum absolute atomic E-state index is 13.1. The molecule has 5 heteroatoms. The lowest BCUT2D eigenvalue weighted by atomic mass is 10.1. The van der Waals surface area contributed by atoms with Crippen molar-refractivity contribution >= 4 is 22.9 Å². The van der Waals surface area contributed by atoms with Crippen molar-refractivity contribution in [3.05, 3.63) is 69.8 Å². The van der Waals surface area contributed by atoms with Crippen LogP contribution in [0.1, 0.15) is 15.4 Å². The van der Waals surface area contributed by atoms with E-state index in [-0.39, 0.29) is 18.1 Å². The summed E-state index contributed by atoms with van der Waals surface area (Å²) in [5, 5.41) is 3.78. The topological polar surface area (TPSA) is 42.0 Å². The van der Waals surface area contributed by atoms with Crippen LogP contribution in [0.4, 0.5) is 10.1 Å². The van der Waals surface area contributed by atoms with Crippen molar-refractivity contribution in [1.29, 1.82) is 0 Å². The molecule has 0 saturated heterocycles. The number of aromatic nitrogens is 1. The van der Waals surface area contributed by atoms with E-state index in [2.05, 4.69) is 10.3 Å². The van der Waals surface area contributed by atoms with Crippen LogP contribution < -0.4 is 5.32 Å². The van der Waals surface area contributed by atoms with Crippen LogP contribution in [0.3, 0.4) is 0 Å². The number of benzene rings is 2. The highest BCUT2D eigenvalue weighted by Gasteiger charge is 2.15. The molecule has 0 bridgehead atoms. The van der Waals surface area contributed by atoms with Gasteiger partial charge in [0.15, 0.2) is 0 Å². The van der Waals surface area contributed by atoms with Crippen molar-refractivity contribution in [2.75, 3.05) is 5.32 Å². The van der Waals surface area contributed by atoms with Gasteiger partial charge in [-0.05, 0) is 50.2 Å². The lowest BCUT2D eigenvalue weighted by molar-refractivity contribution is -0.115. The monoisotopic (exact) mass is 340 g/mol. The molecule has 0 unspecified atom stereocenters. The third kappa shape index (κ3) is 3.86. The largest absolute Gasteiger partial charge is 0.326 e. The van der Waals surface area contributed by atoms with E-state index in [1.54, 1.807) is 12.1 Å². The predicted molar refractivity (Wildman–Crippen MR) is 95.8 cm³/mol. The highest BCUT2D eigenvalue weighted by atomic mass is 32.1. The van der Waals surface area contributed by atoms with Gasteiger partial charge in [0.2, 0.25) is 5.91 Å². The van der Waals surface area contributed by atoms with Crippen LogP contribution >= 0.6 is 11.3 Å². The first-order valence-corrected chi connectivity index (χ1v) is 8.41. The van der Waals surface area contributed by atoms with Gasteiger partial charge in [-0.3, -0.25) is 4.79 Å². The minimum atomic E-state index is -0.288. The third-order valence-electron chi connectivity index (χ3n) is 3.58. The second kappa shape index (κ2) is 6.93. The van der Waals surface area contributed by atoms with Crippen molar-refractivity contribution in [3.8, 4) is 11.3 Å². The standard InChI is InChI=1S/C19H17FN2OS/c1-12-3-9-16(10-4-12)22-18(23)11-17-19(21-13(2)24-17)14-5-7-15(20)8-6-14/h3-10H,11H2,1-2H3,(H,22,23). The Morgan fingerprint density at radius 3 is 2.42 bits per heavy atom. The third-order valence-corrected chi connectivity index (χ3v) is 4.55. The summed E-state index contributed by atoms with van der Waals surface area (Å²) >= 11 is 1.49. The number of hydrogen-bond donors (Lipinski definition) is 1. The zero-order chi connectivity index (χ0) is 17.1. The Hall–Kier alpha value is -2.53. The van der Waals surface area contributed by atoms with Gasteiger partial charge < -0.3 is 5.32 Å². The number of aryl methyl sites for hydroxylation is 2. The molecule has 0 atom stereocenters. The molecule has 0 radical (unpaired) electrons. The van der Waals surface area contributed by atoms with E-state index in [4.69, 9.17) is 0 Å². The minimum Gasteiger partial charge on any atom is -0.326 e. The highest BCUT2D eigenvalue weighted by molar-refractivity contribution is 7.12. The zero-order valence-corrected chi connectivity index (χ0v) is 14.3. The zero-order valence-electron chi connectivity index (χ0n) is 13.5. The Bertz CT molecular complexity index is 854. The number of carbonyl (C=O) groups is 1. The Labute approximate surface area is 144 Å². The van der Waals surface area contributed by atoms with Gasteiger partial charge in [-0.2, -0.15) is 0 Å². The van der Waals surface area contributed by atoms with E-state index in [1.165, 1.54) is 23.5 Å². The molecule has 0 fully saturated rings. The van der Waals surface area contributed by atoms with Gasteiger partial charge in [-0.15, -0.1) is 11.3 Å². The van der Waals surface area contributed by atoms with Gasteiger partial charge in [0.25, 0.3) is 0 Å². The molecule has 1 amide bonds. The molecule has 1 aromatic heterocycles. The first-order chi connectivity index (χ1) is 11.5. The van der Waals surface area contributed by atoms with Gasteiger partial charge in [-0.1, -0.05) is 17.7 Å². The Kier molecular flexibility index (Phi) is 4.71. The fourth-order valence-electron chi connectivity index (χ4n) is 2.41. The quantitative estimate of drug-likeness (QED) is 0.745. The molecular formula is C19H17FN2OS. The second-order valence-corrected chi connectivity index (χ2v) is 6.89. The number of rotatable bonds is 4. The van der Waals surface area contributed by atoms with E-state index in [9.17, 15) is 9.18 Å². The van der Waals surface area contributed by atoms with Gasteiger partial charge in [0.1, 0.15) is 5.82 Å². The average molecular weight is 340 g/mol. The summed E-state index contributed by atoms with van der Waals surface area (Å²) in [6.45, 7) is 3.90. The second-order valence-electron chi connectivity index (χ2n) is 5.60. The summed E-state index contributed by atoms with van der Waals surface area (Å²) in [6, 6.07) is 13.8. The molecule has 122 valence electrons. The molecule has 1 heterocycles. The molecule has 0 saturated carbocycles. The first-order valence-electron chi connectivity index (χ1n) is 7.60. The number of carbonyl (C=O) groups excluding carboxylic acids is 1. The Balaban J connectivity index is 1.78. The number of anilines is 1. The van der Waals surface area contributed by atoms with E-state index >= 15 is 0 Å². The van der Waals surface area contributed by atoms with Crippen molar-refractivity contribution < 1.29 is 9.18 Å². The summed E-state index contributed by atoms with van der Waals surface area (Å²) < 4.78 is 13.1. The number of nitrogens with one attached hydrogen (secondary N) is 1. The minimum absolute atomic E-state index is 0.0918. The van der Waals surface area contributed by atoms with E-state index < -0.39 is 0 Å². The summed E-state index contributed by atoms with van der Waals surface area (Å²) in [5.74, 6) is -0.379. The van der Waals surface area contributed by atoms with Crippen molar-refractivity contribution in [2.45, 2.75) is 20.3 Å². The number of amides is 1. The summed E-state index contributed by atoms with van der Waals surface area (Å²) in [6.07, 6.45) is 0.242. The lowest BCUT2D eigenvalue weighted by Crippen LogP contribution is -2.14. The van der Waals surface area contributed by atoms with Crippen LogP contribution in [0.15, 0.2) is 48.5 Å². The van der Waals surface area contributed by atoms with Crippen LogP contribution in [-0.4, -0.2) is 10.9 Å². The summed E-state index contributed by atoms with van der Waals surface area (Å²) in [7, 11) is 0. The van der Waals surface area contributed by atoms with Crippen molar-refractivity contribution in [3.63, 3.8) is 0 Å². The van der Waals surface area contributed by atoms with Crippen molar-refractivity contribution in [1.82, 2.24) is 4.98 Å². The molecular weight excluding hydrogens is 323 g/mol. The van der Waals surface area contributed by atoms with E-state index in [1.807, 2.05) is 38.1 Å². The normalized spacial score (nSPS) is 10.6. The molecule has 2 aromatic carbocycles. The molecule has 24 heavy (non-hydrogen) atoms. The molecule has 0 aliphatic rings. The van der Waals surface area contributed by atoms with Crippen LogP contribution in [0.5, 0.6) is 0 Å². The number of hydrogen-bond acceptors (Lipinski definition) is 3. The molecule has 3 aromatic rings. The first kappa shape index (κ1) is 16.3. The Morgan fingerprint density at radius 1 is 1.08 bits per heavy atom. The number of thiazole rings is 1. The van der Waals surface area contributed by atoms with E-state index in [0.29, 0.717) is 0 Å². The fraction of sp³-hybridized carbons (Fsp3) is 0.158. The lowest BCUT2D eigenvalue weighted by Gasteiger charge is -2.06. The summed E-state index contributed by atoms with van der Waals surface area (Å²) in [4.78, 5) is 17.7. The van der Waals surface area contributed by atoms with Crippen LogP contribution in [-0.2, 0) is 11.2 Å². The van der Waals surface area contributed by atoms with Gasteiger partial charge in [0.05, 0.1) is 17.1 Å². The van der Waals surface area contributed by atoms with Crippen molar-refractivity contribution in [2.24, 2.45) is 0 Å². The molecule has 3 nitrogen and oxygen atoms in total. The average Bonchev–Trinajstić information content (AvgIpc) is 2.90. The van der Waals surface area contributed by atoms with Crippen LogP contribution in [0.2, 0.25) is 0 Å². The fourth-order valence-corrected chi connectivity index (χ4v) is 3.37. The molecule has 0 spiro atoms. The molecule has 0 aliphatic carbocycles. The van der Waals surface area contributed by atoms with Gasteiger partial charge in [-0.25, -0.2) is 9.37 Å². The smallest absolute Gasteiger partial charge is 0.229 e. The molecule has 3 rings (SSSR count). The SMILES string of the molecule is Cc1ccc(NC(=O)Cc2sc(C)nc2-c2ccc(F)cc2)cc1. The van der Waals surface area contributed by atoms with Crippen LogP contribution in [0, 0.1) is 19.7 Å². The number of halogens is 1.